The normalized spacial score (nSPS) is 10.5. The van der Waals surface area contributed by atoms with Crippen LogP contribution in [0.5, 0.6) is 0 Å². The van der Waals surface area contributed by atoms with Gasteiger partial charge in [0.05, 0.1) is 41.7 Å². The smallest absolute Gasteiger partial charge is 0.298 e. The maximum Gasteiger partial charge on any atom is 0.339 e. The third-order valence-corrected chi connectivity index (χ3v) is 4.63. The van der Waals surface area contributed by atoms with Crippen molar-refractivity contribution < 1.29 is 15.1 Å². The Kier molecular flexibility index (Phi) is 13.5. The van der Waals surface area contributed by atoms with E-state index in [0.717, 1.165) is 12.0 Å². The van der Waals surface area contributed by atoms with E-state index in [1.54, 1.807) is 47.4 Å². The third-order valence-electron chi connectivity index (χ3n) is 3.56. The van der Waals surface area contributed by atoms with E-state index in [2.05, 4.69) is 43.9 Å². The molecule has 0 atom stereocenters. The number of aldehydes is 1. The van der Waals surface area contributed by atoms with Gasteiger partial charge in [0.2, 0.25) is 0 Å². The highest BCUT2D eigenvalue weighted by Gasteiger charge is 2.05. The van der Waals surface area contributed by atoms with Gasteiger partial charge in [0.15, 0.2) is 6.29 Å². The summed E-state index contributed by atoms with van der Waals surface area (Å²) >= 11 is 37.3. The molecule has 4 aromatic rings. The number of rotatable bonds is 3. The highest BCUT2D eigenvalue weighted by atomic mass is 36.0. The zero-order valence-electron chi connectivity index (χ0n) is 18.2. The summed E-state index contributed by atoms with van der Waals surface area (Å²) in [6.07, 6.45) is 7.33. The Morgan fingerprint density at radius 3 is 1.80 bits per heavy atom. The molecule has 0 spiro atoms. The molecule has 0 aliphatic carbocycles. The molecule has 0 saturated carbocycles. The average molecular weight is 643 g/mol. The molecule has 0 aliphatic heterocycles. The summed E-state index contributed by atoms with van der Waals surface area (Å²) in [6, 6.07) is 12.2. The maximum atomic E-state index is 10.5. The molecule has 2 aromatic carbocycles. The minimum atomic E-state index is -3.22. The number of hydrogen-bond donors (Lipinski definition) is 0. The van der Waals surface area contributed by atoms with Gasteiger partial charge in [-0.25, -0.2) is 9.36 Å². The van der Waals surface area contributed by atoms with Gasteiger partial charge < -0.3 is 0 Å². The molecule has 6 nitrogen and oxygen atoms in total. The van der Waals surface area contributed by atoms with Crippen LogP contribution in [0.3, 0.4) is 0 Å². The molecule has 0 amide bonds. The standard InChI is InChI=1S/C10H6Cl2N2O.C9H6Cl2N2.CH3F.Cl3OP/c11-8-1-2-10(9(12)3-8)14-5-7(6-15)4-13-14;10-7-2-3-9(8(11)6-7)13-5-1-4-12-13;1-2;1-5(2,3)4/h1-6H;1-6H;1H3;/i;;1D;. The summed E-state index contributed by atoms with van der Waals surface area (Å²) in [7, 11) is -1.00. The van der Waals surface area contributed by atoms with Crippen LogP contribution in [-0.4, -0.2) is 33.0 Å². The van der Waals surface area contributed by atoms with Crippen LogP contribution in [0.15, 0.2) is 67.3 Å². The van der Waals surface area contributed by atoms with Crippen LogP contribution in [0, 0.1) is 0 Å². The lowest BCUT2D eigenvalue weighted by molar-refractivity contribution is 0.112. The molecule has 15 heteroatoms. The number of carbonyl (C=O) groups is 1. The monoisotopic (exact) mass is 639 g/mol. The molecule has 2 heterocycles. The quantitative estimate of drug-likeness (QED) is 0.165. The minimum Gasteiger partial charge on any atom is -0.298 e. The Balaban J connectivity index is 0.000000281. The van der Waals surface area contributed by atoms with Gasteiger partial charge in [0, 0.05) is 28.6 Å². The van der Waals surface area contributed by atoms with Crippen molar-refractivity contribution in [3.8, 4) is 11.4 Å². The van der Waals surface area contributed by atoms with Crippen molar-refractivity contribution in [1.29, 1.82) is 0 Å². The van der Waals surface area contributed by atoms with Crippen molar-refractivity contribution in [2.45, 2.75) is 0 Å². The fourth-order valence-corrected chi connectivity index (χ4v) is 3.26. The molecule has 0 radical (unpaired) electrons. The first-order chi connectivity index (χ1) is 16.9. The van der Waals surface area contributed by atoms with Gasteiger partial charge in [-0.3, -0.25) is 13.8 Å². The zero-order chi connectivity index (χ0) is 27.3. The van der Waals surface area contributed by atoms with Crippen LogP contribution >= 0.6 is 85.3 Å². The van der Waals surface area contributed by atoms with E-state index in [9.17, 15) is 13.8 Å². The second-order valence-electron chi connectivity index (χ2n) is 5.88. The largest absolute Gasteiger partial charge is 0.339 e. The first kappa shape index (κ1) is 29.9. The molecule has 35 heavy (non-hydrogen) atoms. The fraction of sp³-hybridized carbons (Fsp3) is 0.0500. The third kappa shape index (κ3) is 12.0. The number of hydrogen-bond acceptors (Lipinski definition) is 4. The maximum absolute atomic E-state index is 10.5. The van der Waals surface area contributed by atoms with E-state index in [4.69, 9.17) is 47.8 Å². The topological polar surface area (TPSA) is 69.8 Å². The predicted molar refractivity (Wildman–Crippen MR) is 145 cm³/mol. The number of alkyl halides is 1. The van der Waals surface area contributed by atoms with Gasteiger partial charge in [-0.2, -0.15) is 10.2 Å². The van der Waals surface area contributed by atoms with Gasteiger partial charge in [0.1, 0.15) is 0 Å². The summed E-state index contributed by atoms with van der Waals surface area (Å²) in [5, 5.41) is 7.12. The van der Waals surface area contributed by atoms with E-state index < -0.39 is 12.4 Å². The van der Waals surface area contributed by atoms with Crippen LogP contribution < -0.4 is 0 Å². The first-order valence-electron chi connectivity index (χ1n) is 9.54. The minimum absolute atomic E-state index is 0.489. The lowest BCUT2D eigenvalue weighted by atomic mass is 10.3. The molecule has 0 unspecified atom stereocenters. The van der Waals surface area contributed by atoms with Gasteiger partial charge >= 0.3 is 5.20 Å². The van der Waals surface area contributed by atoms with Crippen molar-refractivity contribution in [1.82, 2.24) is 19.6 Å². The Morgan fingerprint density at radius 1 is 0.943 bits per heavy atom. The molecule has 0 bridgehead atoms. The lowest BCUT2D eigenvalue weighted by Crippen LogP contribution is -1.94. The van der Waals surface area contributed by atoms with Crippen LogP contribution in [0.25, 0.3) is 11.4 Å². The second kappa shape index (κ2) is 15.7. The number of nitrogens with zero attached hydrogens (tertiary/aromatic N) is 4. The number of carbonyl (C=O) groups excluding carboxylic acids is 1. The van der Waals surface area contributed by atoms with Gasteiger partial charge in [0.25, 0.3) is 0 Å². The summed E-state index contributed by atoms with van der Waals surface area (Å²) < 4.78 is 28.2. The number of benzene rings is 2. The van der Waals surface area contributed by atoms with E-state index >= 15 is 0 Å². The van der Waals surface area contributed by atoms with Crippen molar-refractivity contribution in [2.75, 3.05) is 7.15 Å². The van der Waals surface area contributed by atoms with Crippen LogP contribution in [-0.2, 0) is 4.57 Å². The van der Waals surface area contributed by atoms with Crippen molar-refractivity contribution in [3.63, 3.8) is 0 Å². The molecule has 4 rings (SSSR count). The Hall–Kier alpha value is -1.28. The van der Waals surface area contributed by atoms with Crippen molar-refractivity contribution >= 4 is 91.6 Å². The van der Waals surface area contributed by atoms with Gasteiger partial charge in [-0.05, 0) is 76.2 Å². The van der Waals surface area contributed by atoms with Crippen LogP contribution in [0.1, 0.15) is 11.7 Å². The molecular weight excluding hydrogens is 626 g/mol. The van der Waals surface area contributed by atoms with Gasteiger partial charge in [-0.1, -0.05) is 46.4 Å². The molecule has 0 N–H and O–H groups in total. The first-order valence-corrected chi connectivity index (χ1v) is 14.8. The van der Waals surface area contributed by atoms with Crippen LogP contribution in [0.4, 0.5) is 4.39 Å². The summed E-state index contributed by atoms with van der Waals surface area (Å²) in [5.41, 5.74) is 2.02. The fourth-order valence-electron chi connectivity index (χ4n) is 2.27. The molecule has 0 aliphatic rings. The highest BCUT2D eigenvalue weighted by Crippen LogP contribution is 2.61. The Labute approximate surface area is 236 Å². The predicted octanol–water partition coefficient (Wildman–Crippen LogP) is 9.57. The second-order valence-corrected chi connectivity index (χ2v) is 14.2. The van der Waals surface area contributed by atoms with E-state index in [1.807, 2.05) is 18.3 Å². The van der Waals surface area contributed by atoms with E-state index in [-0.39, 0.29) is 0 Å². The van der Waals surface area contributed by atoms with E-state index in [0.29, 0.717) is 31.3 Å². The highest BCUT2D eigenvalue weighted by molar-refractivity contribution is 8.24. The summed E-state index contributed by atoms with van der Waals surface area (Å²) in [4.78, 5) is 10.5. The number of halogens is 8. The molecule has 2 aromatic heterocycles. The zero-order valence-corrected chi connectivity index (χ0v) is 23.4. The average Bonchev–Trinajstić information content (AvgIpc) is 3.46. The SMILES string of the molecule is Clc1ccc(-n2cccn2)c(Cl)c1.O=Cc1cnn(-c2ccc(Cl)cc2Cl)c1.O=P(Cl)(Cl)Cl.[2H]CF. The summed E-state index contributed by atoms with van der Waals surface area (Å²) in [6.45, 7) is 0. The molecular formula is C20H15Cl7FN4O2P. The summed E-state index contributed by atoms with van der Waals surface area (Å²) in [5.74, 6) is 0. The van der Waals surface area contributed by atoms with Gasteiger partial charge in [-0.15, -0.1) is 0 Å². The molecule has 0 fully saturated rings. The lowest BCUT2D eigenvalue weighted by Gasteiger charge is -2.03. The number of aromatic nitrogens is 4. The Bertz CT molecular complexity index is 1280. The molecule has 188 valence electrons. The van der Waals surface area contributed by atoms with E-state index in [1.165, 1.54) is 10.9 Å². The van der Waals surface area contributed by atoms with Crippen LogP contribution in [0.2, 0.25) is 20.1 Å². The Morgan fingerprint density at radius 2 is 1.43 bits per heavy atom. The van der Waals surface area contributed by atoms with Crippen molar-refractivity contribution in [2.24, 2.45) is 0 Å². The molecule has 0 saturated heterocycles. The van der Waals surface area contributed by atoms with Crippen molar-refractivity contribution in [3.05, 3.63) is 92.9 Å².